The third kappa shape index (κ3) is 3.11. The number of carbonyl (C=O) groups is 1. The Labute approximate surface area is 119 Å². The second-order valence-corrected chi connectivity index (χ2v) is 5.46. The number of hydrogen-bond donors (Lipinski definition) is 3. The summed E-state index contributed by atoms with van der Waals surface area (Å²) in [5, 5.41) is 16.2. The van der Waals surface area contributed by atoms with E-state index in [1.807, 2.05) is 19.1 Å². The van der Waals surface area contributed by atoms with Crippen molar-refractivity contribution in [3.05, 3.63) is 29.8 Å². The van der Waals surface area contributed by atoms with E-state index in [0.29, 0.717) is 17.9 Å². The average molecular weight is 278 g/mol. The van der Waals surface area contributed by atoms with Crippen LogP contribution in [0.2, 0.25) is 0 Å². The predicted molar refractivity (Wildman–Crippen MR) is 76.6 cm³/mol. The summed E-state index contributed by atoms with van der Waals surface area (Å²) in [7, 11) is 1.56. The first-order valence-electron chi connectivity index (χ1n) is 6.87. The van der Waals surface area contributed by atoms with Crippen LogP contribution < -0.4 is 15.4 Å². The highest BCUT2D eigenvalue weighted by atomic mass is 16.5. The van der Waals surface area contributed by atoms with E-state index >= 15 is 0 Å². The van der Waals surface area contributed by atoms with E-state index in [9.17, 15) is 9.90 Å². The lowest BCUT2D eigenvalue weighted by molar-refractivity contribution is -0.129. The largest absolute Gasteiger partial charge is 0.496 e. The van der Waals surface area contributed by atoms with Gasteiger partial charge >= 0.3 is 0 Å². The molecule has 1 aromatic carbocycles. The van der Waals surface area contributed by atoms with Gasteiger partial charge < -0.3 is 20.5 Å². The zero-order chi connectivity index (χ0) is 14.6. The van der Waals surface area contributed by atoms with E-state index in [0.717, 1.165) is 13.0 Å². The van der Waals surface area contributed by atoms with Crippen molar-refractivity contribution in [1.29, 1.82) is 0 Å². The van der Waals surface area contributed by atoms with Gasteiger partial charge in [0.2, 0.25) is 5.91 Å². The molecule has 1 aromatic rings. The number of hydrogen-bond acceptors (Lipinski definition) is 4. The van der Waals surface area contributed by atoms with E-state index < -0.39 is 6.10 Å². The molecule has 0 radical (unpaired) electrons. The first kappa shape index (κ1) is 14.8. The van der Waals surface area contributed by atoms with Crippen molar-refractivity contribution in [3.8, 4) is 5.75 Å². The van der Waals surface area contributed by atoms with Crippen LogP contribution in [0.15, 0.2) is 24.3 Å². The highest BCUT2D eigenvalue weighted by Gasteiger charge is 2.36. The van der Waals surface area contributed by atoms with E-state index in [4.69, 9.17) is 4.74 Å². The van der Waals surface area contributed by atoms with Crippen molar-refractivity contribution in [1.82, 2.24) is 10.6 Å². The molecule has 2 rings (SSSR count). The van der Waals surface area contributed by atoms with Crippen LogP contribution in [0.5, 0.6) is 5.75 Å². The Morgan fingerprint density at radius 2 is 2.30 bits per heavy atom. The van der Waals surface area contributed by atoms with Gasteiger partial charge in [0.25, 0.3) is 0 Å². The Kier molecular flexibility index (Phi) is 4.62. The number of para-hydroxylation sites is 1. The molecule has 0 spiro atoms. The van der Waals surface area contributed by atoms with Gasteiger partial charge in [0, 0.05) is 18.7 Å². The van der Waals surface area contributed by atoms with Gasteiger partial charge in [0.05, 0.1) is 18.6 Å². The maximum atomic E-state index is 12.2. The minimum atomic E-state index is -0.770. The molecule has 5 heteroatoms. The second kappa shape index (κ2) is 6.24. The first-order chi connectivity index (χ1) is 9.57. The third-order valence-corrected chi connectivity index (χ3v) is 3.87. The molecular formula is C15H22N2O3. The summed E-state index contributed by atoms with van der Waals surface area (Å²) in [5.74, 6) is 0.611. The quantitative estimate of drug-likeness (QED) is 0.746. The fourth-order valence-electron chi connectivity index (χ4n) is 2.47. The number of methoxy groups -OCH3 is 1. The summed E-state index contributed by atoms with van der Waals surface area (Å²) in [6.07, 6.45) is 0.0527. The van der Waals surface area contributed by atoms with Crippen LogP contribution in [0.1, 0.15) is 25.0 Å². The fourth-order valence-corrected chi connectivity index (χ4v) is 2.47. The van der Waals surface area contributed by atoms with Crippen molar-refractivity contribution >= 4 is 5.91 Å². The second-order valence-electron chi connectivity index (χ2n) is 5.46. The number of nitrogens with one attached hydrogen (secondary N) is 2. The van der Waals surface area contributed by atoms with Gasteiger partial charge in [0.1, 0.15) is 5.75 Å². The highest BCUT2D eigenvalue weighted by molar-refractivity contribution is 5.82. The van der Waals surface area contributed by atoms with Gasteiger partial charge in [-0.1, -0.05) is 18.2 Å². The monoisotopic (exact) mass is 278 g/mol. The molecule has 1 amide bonds. The molecule has 1 aliphatic heterocycles. The van der Waals surface area contributed by atoms with Crippen LogP contribution in [0, 0.1) is 5.41 Å². The first-order valence-corrected chi connectivity index (χ1v) is 6.87. The smallest absolute Gasteiger partial charge is 0.227 e. The summed E-state index contributed by atoms with van der Waals surface area (Å²) in [6.45, 7) is 3.68. The van der Waals surface area contributed by atoms with Gasteiger partial charge in [-0.15, -0.1) is 0 Å². The molecule has 0 bridgehead atoms. The van der Waals surface area contributed by atoms with Gasteiger partial charge in [-0.25, -0.2) is 0 Å². The molecule has 0 aromatic heterocycles. The Bertz CT molecular complexity index is 470. The summed E-state index contributed by atoms with van der Waals surface area (Å²) in [5.41, 5.74) is 0.311. The molecule has 2 unspecified atom stereocenters. The third-order valence-electron chi connectivity index (χ3n) is 3.87. The zero-order valence-corrected chi connectivity index (χ0v) is 12.0. The van der Waals surface area contributed by atoms with Gasteiger partial charge in [0.15, 0.2) is 0 Å². The van der Waals surface area contributed by atoms with E-state index in [2.05, 4.69) is 10.6 Å². The Hall–Kier alpha value is -1.59. The van der Waals surface area contributed by atoms with Crippen LogP contribution in [0.4, 0.5) is 0 Å². The van der Waals surface area contributed by atoms with Crippen LogP contribution in [-0.2, 0) is 4.79 Å². The molecule has 1 heterocycles. The number of rotatable bonds is 5. The standard InChI is InChI=1S/C15H22N2O3/c1-15(7-8-16-10-15)14(19)17-9-12(18)11-5-3-4-6-13(11)20-2/h3-6,12,16,18H,7-10H2,1-2H3,(H,17,19). The molecule has 5 nitrogen and oxygen atoms in total. The van der Waals surface area contributed by atoms with Crippen LogP contribution in [-0.4, -0.2) is 37.8 Å². The fraction of sp³-hybridized carbons (Fsp3) is 0.533. The Morgan fingerprint density at radius 1 is 1.55 bits per heavy atom. The molecule has 0 aliphatic carbocycles. The average Bonchev–Trinajstić information content (AvgIpc) is 2.92. The molecular weight excluding hydrogens is 256 g/mol. The zero-order valence-electron chi connectivity index (χ0n) is 12.0. The van der Waals surface area contributed by atoms with Crippen LogP contribution >= 0.6 is 0 Å². The number of amides is 1. The lowest BCUT2D eigenvalue weighted by Crippen LogP contribution is -2.42. The van der Waals surface area contributed by atoms with Gasteiger partial charge in [-0.3, -0.25) is 4.79 Å². The number of benzene rings is 1. The highest BCUT2D eigenvalue weighted by Crippen LogP contribution is 2.26. The van der Waals surface area contributed by atoms with Crippen molar-refractivity contribution in [3.63, 3.8) is 0 Å². The molecule has 2 atom stereocenters. The normalized spacial score (nSPS) is 23.4. The number of ether oxygens (including phenoxy) is 1. The van der Waals surface area contributed by atoms with Crippen molar-refractivity contribution in [2.45, 2.75) is 19.4 Å². The minimum absolute atomic E-state index is 0.0172. The molecule has 3 N–H and O–H groups in total. The van der Waals surface area contributed by atoms with Crippen molar-refractivity contribution in [2.24, 2.45) is 5.41 Å². The van der Waals surface area contributed by atoms with Gasteiger partial charge in [-0.05, 0) is 26.0 Å². The minimum Gasteiger partial charge on any atom is -0.496 e. The lowest BCUT2D eigenvalue weighted by Gasteiger charge is -2.23. The van der Waals surface area contributed by atoms with Crippen molar-refractivity contribution in [2.75, 3.05) is 26.7 Å². The van der Waals surface area contributed by atoms with Crippen LogP contribution in [0.25, 0.3) is 0 Å². The maximum absolute atomic E-state index is 12.2. The SMILES string of the molecule is COc1ccccc1C(O)CNC(=O)C1(C)CCNC1. The van der Waals surface area contributed by atoms with Crippen LogP contribution in [0.3, 0.4) is 0 Å². The molecule has 1 fully saturated rings. The summed E-state index contributed by atoms with van der Waals surface area (Å²) in [6, 6.07) is 7.28. The molecule has 0 saturated carbocycles. The number of aliphatic hydroxyl groups is 1. The summed E-state index contributed by atoms with van der Waals surface area (Å²) in [4.78, 5) is 12.2. The summed E-state index contributed by atoms with van der Waals surface area (Å²) < 4.78 is 5.21. The molecule has 110 valence electrons. The van der Waals surface area contributed by atoms with Crippen molar-refractivity contribution < 1.29 is 14.6 Å². The Morgan fingerprint density at radius 3 is 2.95 bits per heavy atom. The predicted octanol–water partition coefficient (Wildman–Crippen LogP) is 0.844. The van der Waals surface area contributed by atoms with E-state index in [1.165, 1.54) is 0 Å². The number of aliphatic hydroxyl groups excluding tert-OH is 1. The Balaban J connectivity index is 1.95. The van der Waals surface area contributed by atoms with E-state index in [1.54, 1.807) is 19.2 Å². The lowest BCUT2D eigenvalue weighted by atomic mass is 9.88. The molecule has 20 heavy (non-hydrogen) atoms. The molecule has 1 aliphatic rings. The molecule has 1 saturated heterocycles. The number of carbonyl (C=O) groups excluding carboxylic acids is 1. The topological polar surface area (TPSA) is 70.6 Å². The van der Waals surface area contributed by atoms with Gasteiger partial charge in [-0.2, -0.15) is 0 Å². The summed E-state index contributed by atoms with van der Waals surface area (Å²) >= 11 is 0. The van der Waals surface area contributed by atoms with E-state index in [-0.39, 0.29) is 17.9 Å². The maximum Gasteiger partial charge on any atom is 0.227 e.